The summed E-state index contributed by atoms with van der Waals surface area (Å²) < 4.78 is 19.6. The average Bonchev–Trinajstić information content (AvgIpc) is 2.31. The van der Waals surface area contributed by atoms with Crippen molar-refractivity contribution in [1.82, 2.24) is 5.32 Å². The average molecular weight is 304 g/mol. The zero-order chi connectivity index (χ0) is 12.7. The Morgan fingerprint density at radius 1 is 1.47 bits per heavy atom. The highest BCUT2D eigenvalue weighted by Gasteiger charge is 2.11. The van der Waals surface area contributed by atoms with E-state index in [0.717, 1.165) is 23.0 Å². The molecule has 0 heterocycles. The van der Waals surface area contributed by atoms with Crippen LogP contribution in [-0.4, -0.2) is 26.3 Å². The van der Waals surface area contributed by atoms with E-state index in [4.69, 9.17) is 4.74 Å². The second kappa shape index (κ2) is 7.80. The van der Waals surface area contributed by atoms with E-state index in [2.05, 4.69) is 28.2 Å². The predicted octanol–water partition coefficient (Wildman–Crippen LogP) is 3.15. The van der Waals surface area contributed by atoms with Gasteiger partial charge in [0.1, 0.15) is 5.82 Å². The lowest BCUT2D eigenvalue weighted by molar-refractivity contribution is 0.182. The van der Waals surface area contributed by atoms with Crippen LogP contribution in [-0.2, 0) is 11.2 Å². The summed E-state index contributed by atoms with van der Waals surface area (Å²) in [7, 11) is 1.68. The lowest BCUT2D eigenvalue weighted by Gasteiger charge is -2.18. The molecule has 96 valence electrons. The minimum absolute atomic E-state index is 0.145. The Hall–Kier alpha value is -0.450. The van der Waals surface area contributed by atoms with Crippen molar-refractivity contribution in [3.05, 3.63) is 34.1 Å². The summed E-state index contributed by atoms with van der Waals surface area (Å²) in [6, 6.07) is 5.31. The van der Waals surface area contributed by atoms with Crippen molar-refractivity contribution < 1.29 is 9.13 Å². The van der Waals surface area contributed by atoms with Gasteiger partial charge in [-0.05, 0) is 43.1 Å². The zero-order valence-electron chi connectivity index (χ0n) is 10.3. The third kappa shape index (κ3) is 5.15. The lowest BCUT2D eigenvalue weighted by atomic mass is 10.0. The molecule has 0 aliphatic carbocycles. The first-order valence-electron chi connectivity index (χ1n) is 5.83. The van der Waals surface area contributed by atoms with Crippen LogP contribution in [0.1, 0.15) is 18.9 Å². The highest BCUT2D eigenvalue weighted by Crippen LogP contribution is 2.17. The first kappa shape index (κ1) is 14.6. The SMILES string of the molecule is CCNC(CCOC)Cc1cc(Br)ccc1F. The monoisotopic (exact) mass is 303 g/mol. The first-order valence-corrected chi connectivity index (χ1v) is 6.63. The molecule has 0 radical (unpaired) electrons. The molecule has 0 fully saturated rings. The largest absolute Gasteiger partial charge is 0.385 e. The van der Waals surface area contributed by atoms with Crippen LogP contribution in [0.4, 0.5) is 4.39 Å². The Morgan fingerprint density at radius 2 is 2.24 bits per heavy atom. The minimum atomic E-state index is -0.145. The van der Waals surface area contributed by atoms with Gasteiger partial charge >= 0.3 is 0 Å². The van der Waals surface area contributed by atoms with Crippen LogP contribution in [0.25, 0.3) is 0 Å². The van der Waals surface area contributed by atoms with Gasteiger partial charge in [-0.3, -0.25) is 0 Å². The molecule has 0 saturated carbocycles. The van der Waals surface area contributed by atoms with E-state index in [1.54, 1.807) is 13.2 Å². The third-order valence-corrected chi connectivity index (χ3v) is 3.13. The van der Waals surface area contributed by atoms with Crippen molar-refractivity contribution in [3.63, 3.8) is 0 Å². The summed E-state index contributed by atoms with van der Waals surface area (Å²) in [6.45, 7) is 3.62. The van der Waals surface area contributed by atoms with E-state index in [1.807, 2.05) is 6.07 Å². The minimum Gasteiger partial charge on any atom is -0.385 e. The van der Waals surface area contributed by atoms with Crippen molar-refractivity contribution in [2.75, 3.05) is 20.3 Å². The number of likely N-dealkylation sites (N-methyl/N-ethyl adjacent to an activating group) is 1. The van der Waals surface area contributed by atoms with E-state index >= 15 is 0 Å². The molecule has 0 amide bonds. The maximum Gasteiger partial charge on any atom is 0.126 e. The number of hydrogen-bond acceptors (Lipinski definition) is 2. The Kier molecular flexibility index (Phi) is 6.70. The Balaban J connectivity index is 2.67. The second-order valence-corrected chi connectivity index (χ2v) is 4.89. The van der Waals surface area contributed by atoms with Gasteiger partial charge in [0.2, 0.25) is 0 Å². The van der Waals surface area contributed by atoms with Crippen LogP contribution in [0.2, 0.25) is 0 Å². The fourth-order valence-electron chi connectivity index (χ4n) is 1.79. The molecule has 0 bridgehead atoms. The van der Waals surface area contributed by atoms with Gasteiger partial charge in [-0.2, -0.15) is 0 Å². The summed E-state index contributed by atoms with van der Waals surface area (Å²) in [5, 5.41) is 3.35. The van der Waals surface area contributed by atoms with Crippen LogP contribution in [0, 0.1) is 5.82 Å². The van der Waals surface area contributed by atoms with E-state index in [1.165, 1.54) is 6.07 Å². The molecule has 0 aliphatic heterocycles. The molecule has 1 unspecified atom stereocenters. The van der Waals surface area contributed by atoms with Crippen LogP contribution >= 0.6 is 15.9 Å². The number of methoxy groups -OCH3 is 1. The number of nitrogens with one attached hydrogen (secondary N) is 1. The third-order valence-electron chi connectivity index (χ3n) is 2.64. The van der Waals surface area contributed by atoms with E-state index in [9.17, 15) is 4.39 Å². The number of ether oxygens (including phenoxy) is 1. The summed E-state index contributed by atoms with van der Waals surface area (Å²) in [5.74, 6) is -0.145. The topological polar surface area (TPSA) is 21.3 Å². The predicted molar refractivity (Wildman–Crippen MR) is 71.8 cm³/mol. The second-order valence-electron chi connectivity index (χ2n) is 3.98. The number of halogens is 2. The molecule has 0 saturated heterocycles. The molecule has 1 N–H and O–H groups in total. The highest BCUT2D eigenvalue weighted by molar-refractivity contribution is 9.10. The molecule has 0 spiro atoms. The molecule has 4 heteroatoms. The summed E-state index contributed by atoms with van der Waals surface area (Å²) >= 11 is 3.37. The van der Waals surface area contributed by atoms with E-state index in [-0.39, 0.29) is 11.9 Å². The number of benzene rings is 1. The van der Waals surface area contributed by atoms with Crippen molar-refractivity contribution in [2.24, 2.45) is 0 Å². The van der Waals surface area contributed by atoms with Gasteiger partial charge in [0.25, 0.3) is 0 Å². The fraction of sp³-hybridized carbons (Fsp3) is 0.538. The van der Waals surface area contributed by atoms with Gasteiger partial charge in [-0.1, -0.05) is 22.9 Å². The van der Waals surface area contributed by atoms with Gasteiger partial charge in [-0.25, -0.2) is 4.39 Å². The van der Waals surface area contributed by atoms with Crippen LogP contribution in [0.15, 0.2) is 22.7 Å². The summed E-state index contributed by atoms with van der Waals surface area (Å²) in [6.07, 6.45) is 1.57. The normalized spacial score (nSPS) is 12.7. The molecular formula is C13H19BrFNO. The maximum atomic E-state index is 13.6. The Labute approximate surface area is 111 Å². The van der Waals surface area contributed by atoms with E-state index < -0.39 is 0 Å². The smallest absolute Gasteiger partial charge is 0.126 e. The number of hydrogen-bond donors (Lipinski definition) is 1. The molecule has 1 atom stereocenters. The lowest BCUT2D eigenvalue weighted by Crippen LogP contribution is -2.32. The molecule has 17 heavy (non-hydrogen) atoms. The van der Waals surface area contributed by atoms with Gasteiger partial charge < -0.3 is 10.1 Å². The number of rotatable bonds is 7. The molecule has 0 aliphatic rings. The molecule has 1 aromatic rings. The first-order chi connectivity index (χ1) is 8.17. The Bertz CT molecular complexity index is 346. The molecule has 1 aromatic carbocycles. The fourth-order valence-corrected chi connectivity index (χ4v) is 2.20. The Morgan fingerprint density at radius 3 is 2.88 bits per heavy atom. The van der Waals surface area contributed by atoms with Crippen LogP contribution in [0.5, 0.6) is 0 Å². The zero-order valence-corrected chi connectivity index (χ0v) is 11.9. The summed E-state index contributed by atoms with van der Waals surface area (Å²) in [4.78, 5) is 0. The molecule has 1 rings (SSSR count). The van der Waals surface area contributed by atoms with E-state index in [0.29, 0.717) is 13.0 Å². The van der Waals surface area contributed by atoms with Gasteiger partial charge in [-0.15, -0.1) is 0 Å². The van der Waals surface area contributed by atoms with Crippen LogP contribution < -0.4 is 5.32 Å². The van der Waals surface area contributed by atoms with Crippen molar-refractivity contribution in [1.29, 1.82) is 0 Å². The quantitative estimate of drug-likeness (QED) is 0.835. The van der Waals surface area contributed by atoms with Crippen molar-refractivity contribution >= 4 is 15.9 Å². The van der Waals surface area contributed by atoms with Gasteiger partial charge in [0, 0.05) is 24.2 Å². The highest BCUT2D eigenvalue weighted by atomic mass is 79.9. The standard InChI is InChI=1S/C13H19BrFNO/c1-3-16-12(6-7-17-2)9-10-8-11(14)4-5-13(10)15/h4-5,8,12,16H,3,6-7,9H2,1-2H3. The molecular weight excluding hydrogens is 285 g/mol. The van der Waals surface area contributed by atoms with Crippen molar-refractivity contribution in [3.8, 4) is 0 Å². The van der Waals surface area contributed by atoms with Crippen molar-refractivity contribution in [2.45, 2.75) is 25.8 Å². The molecule has 2 nitrogen and oxygen atoms in total. The summed E-state index contributed by atoms with van der Waals surface area (Å²) in [5.41, 5.74) is 0.737. The maximum absolute atomic E-state index is 13.6. The van der Waals surface area contributed by atoms with Gasteiger partial charge in [0.05, 0.1) is 0 Å². The van der Waals surface area contributed by atoms with Crippen LogP contribution in [0.3, 0.4) is 0 Å². The molecule has 0 aromatic heterocycles. The van der Waals surface area contributed by atoms with Gasteiger partial charge in [0.15, 0.2) is 0 Å².